The van der Waals surface area contributed by atoms with E-state index in [0.717, 1.165) is 12.8 Å². The number of rotatable bonds is 0. The highest BCUT2D eigenvalue weighted by atomic mass is 32.2. The highest BCUT2D eigenvalue weighted by molar-refractivity contribution is 8.04. The van der Waals surface area contributed by atoms with E-state index in [1.165, 1.54) is 24.0 Å². The van der Waals surface area contributed by atoms with Crippen LogP contribution in [0, 0.1) is 0 Å². The number of benzene rings is 1. The average Bonchev–Trinajstić information content (AvgIpc) is 3.39. The van der Waals surface area contributed by atoms with E-state index >= 15 is 0 Å². The van der Waals surface area contributed by atoms with E-state index < -0.39 is 0 Å². The highest BCUT2D eigenvalue weighted by Crippen LogP contribution is 2.57. The van der Waals surface area contributed by atoms with E-state index in [1.54, 1.807) is 44.5 Å². The quantitative estimate of drug-likeness (QED) is 0.461. The second-order valence-corrected chi connectivity index (χ2v) is 12.2. The molecule has 2 atom stereocenters. The maximum Gasteiger partial charge on any atom is 0.0462 e. The summed E-state index contributed by atoms with van der Waals surface area (Å²) in [4.78, 5) is 0. The van der Waals surface area contributed by atoms with Gasteiger partial charge < -0.3 is 0 Å². The fourth-order valence-corrected chi connectivity index (χ4v) is 8.05. The fourth-order valence-electron chi connectivity index (χ4n) is 6.04. The molecule has 0 aromatic heterocycles. The molecule has 2 heterocycles. The lowest BCUT2D eigenvalue weighted by Gasteiger charge is -2.30. The smallest absolute Gasteiger partial charge is 0.0462 e. The molecule has 1 aromatic carbocycles. The Labute approximate surface area is 175 Å². The Morgan fingerprint density at radius 2 is 1.18 bits per heavy atom. The first-order valence-electron chi connectivity index (χ1n) is 10.3. The largest absolute Gasteiger partial charge is 0.122 e. The van der Waals surface area contributed by atoms with Crippen molar-refractivity contribution in [3.8, 4) is 0 Å². The minimum absolute atomic E-state index is 0.247. The monoisotopic (exact) mass is 398 g/mol. The molecule has 0 amide bonds. The van der Waals surface area contributed by atoms with Gasteiger partial charge in [0, 0.05) is 9.49 Å². The van der Waals surface area contributed by atoms with Gasteiger partial charge in [0.05, 0.1) is 0 Å². The van der Waals surface area contributed by atoms with Crippen molar-refractivity contribution in [2.24, 2.45) is 0 Å². The predicted molar refractivity (Wildman–Crippen MR) is 123 cm³/mol. The van der Waals surface area contributed by atoms with Gasteiger partial charge in [0.15, 0.2) is 0 Å². The summed E-state index contributed by atoms with van der Waals surface area (Å²) in [6.45, 7) is 4.82. The normalized spacial score (nSPS) is 33.4. The summed E-state index contributed by atoms with van der Waals surface area (Å²) in [5.41, 5.74) is 15.8. The van der Waals surface area contributed by atoms with E-state index in [1.807, 2.05) is 23.5 Å². The molecule has 1 aromatic rings. The van der Waals surface area contributed by atoms with E-state index in [2.05, 4.69) is 61.1 Å². The summed E-state index contributed by atoms with van der Waals surface area (Å²) in [6, 6.07) is 4.90. The van der Waals surface area contributed by atoms with Crippen LogP contribution in [0.2, 0.25) is 0 Å². The molecule has 6 aliphatic rings. The fraction of sp³-hybridized carbons (Fsp3) is 0.308. The van der Waals surface area contributed by atoms with Gasteiger partial charge >= 0.3 is 0 Å². The lowest BCUT2D eigenvalue weighted by molar-refractivity contribution is 0.781. The molecule has 138 valence electrons. The van der Waals surface area contributed by atoms with Crippen LogP contribution >= 0.6 is 23.5 Å². The minimum atomic E-state index is 0.247. The molecule has 0 bridgehead atoms. The molecule has 28 heavy (non-hydrogen) atoms. The summed E-state index contributed by atoms with van der Waals surface area (Å²) in [6.07, 6.45) is 14.3. The van der Waals surface area contributed by atoms with Crippen LogP contribution in [0.15, 0.2) is 69.5 Å². The van der Waals surface area contributed by atoms with E-state index in [4.69, 9.17) is 0 Å². The van der Waals surface area contributed by atoms with Crippen LogP contribution in [0.1, 0.15) is 48.9 Å². The Hall–Kier alpha value is -1.64. The summed E-state index contributed by atoms with van der Waals surface area (Å²) in [5, 5.41) is 4.57. The standard InChI is InChI=1S/C26H22S2/c1-25-13-23-15(9-17(25)5-7-27-25)11-21-19(23)3-4-20-22(21)12-16-10-18-6-8-28-26(18,2)14-24(16)20/h3-10H,11-14H2,1-2H3. The number of hydrogen-bond donors (Lipinski definition) is 0. The Kier molecular flexibility index (Phi) is 2.94. The van der Waals surface area contributed by atoms with Crippen LogP contribution < -0.4 is 0 Å². The van der Waals surface area contributed by atoms with Crippen LogP contribution in [0.3, 0.4) is 0 Å². The van der Waals surface area contributed by atoms with Crippen molar-refractivity contribution in [1.29, 1.82) is 0 Å². The van der Waals surface area contributed by atoms with E-state index in [-0.39, 0.29) is 9.49 Å². The third kappa shape index (κ3) is 1.91. The predicted octanol–water partition coefficient (Wildman–Crippen LogP) is 7.00. The van der Waals surface area contributed by atoms with Crippen LogP contribution in [0.4, 0.5) is 0 Å². The number of hydrogen-bond acceptors (Lipinski definition) is 2. The van der Waals surface area contributed by atoms with Gasteiger partial charge in [-0.1, -0.05) is 36.4 Å². The third-order valence-electron chi connectivity index (χ3n) is 7.65. The van der Waals surface area contributed by atoms with Crippen molar-refractivity contribution in [3.63, 3.8) is 0 Å². The highest BCUT2D eigenvalue weighted by Gasteiger charge is 2.42. The molecular formula is C26H22S2. The average molecular weight is 399 g/mol. The molecule has 0 fully saturated rings. The van der Waals surface area contributed by atoms with Crippen molar-refractivity contribution in [2.45, 2.75) is 49.0 Å². The van der Waals surface area contributed by atoms with Crippen molar-refractivity contribution in [3.05, 3.63) is 91.8 Å². The topological polar surface area (TPSA) is 0 Å². The van der Waals surface area contributed by atoms with Gasteiger partial charge in [0.2, 0.25) is 0 Å². The molecule has 7 rings (SSSR count). The molecule has 0 radical (unpaired) electrons. The zero-order valence-electron chi connectivity index (χ0n) is 16.3. The number of fused-ring (bicyclic) bond motifs is 7. The molecule has 2 aliphatic heterocycles. The summed E-state index contributed by atoms with van der Waals surface area (Å²) >= 11 is 3.99. The van der Waals surface area contributed by atoms with Crippen LogP contribution in [0.25, 0.3) is 11.1 Å². The lowest BCUT2D eigenvalue weighted by atomic mass is 9.83. The second-order valence-electron chi connectivity index (χ2n) is 9.33. The van der Waals surface area contributed by atoms with Gasteiger partial charge in [-0.2, -0.15) is 0 Å². The zero-order valence-corrected chi connectivity index (χ0v) is 17.9. The maximum atomic E-state index is 2.50. The van der Waals surface area contributed by atoms with Gasteiger partial charge in [-0.3, -0.25) is 0 Å². The Morgan fingerprint density at radius 1 is 0.714 bits per heavy atom. The van der Waals surface area contributed by atoms with Crippen molar-refractivity contribution < 1.29 is 0 Å². The molecule has 2 heteroatoms. The molecule has 0 nitrogen and oxygen atoms in total. The molecule has 0 saturated heterocycles. The first kappa shape index (κ1) is 16.2. The Bertz CT molecular complexity index is 1090. The maximum absolute atomic E-state index is 2.50. The van der Waals surface area contributed by atoms with Crippen LogP contribution in [-0.4, -0.2) is 9.49 Å². The lowest BCUT2D eigenvalue weighted by Crippen LogP contribution is -2.22. The number of thioether (sulfide) groups is 2. The van der Waals surface area contributed by atoms with Gasteiger partial charge in [0.25, 0.3) is 0 Å². The minimum Gasteiger partial charge on any atom is -0.122 e. The number of allylic oxidation sites excluding steroid dienone is 8. The summed E-state index contributed by atoms with van der Waals surface area (Å²) in [5.74, 6) is 0. The van der Waals surface area contributed by atoms with Gasteiger partial charge in [-0.25, -0.2) is 0 Å². The molecule has 0 spiro atoms. The van der Waals surface area contributed by atoms with Crippen molar-refractivity contribution >= 4 is 34.7 Å². The summed E-state index contributed by atoms with van der Waals surface area (Å²) in [7, 11) is 0. The van der Waals surface area contributed by atoms with Crippen molar-refractivity contribution in [2.75, 3.05) is 0 Å². The third-order valence-corrected chi connectivity index (χ3v) is 10.00. The van der Waals surface area contributed by atoms with Gasteiger partial charge in [0.1, 0.15) is 0 Å². The van der Waals surface area contributed by atoms with E-state index in [0.29, 0.717) is 0 Å². The second kappa shape index (κ2) is 5.09. The summed E-state index contributed by atoms with van der Waals surface area (Å²) < 4.78 is 0.494. The Balaban J connectivity index is 1.32. The molecule has 0 saturated carbocycles. The van der Waals surface area contributed by atoms with Crippen LogP contribution in [0.5, 0.6) is 0 Å². The molecule has 4 aliphatic carbocycles. The first-order valence-corrected chi connectivity index (χ1v) is 12.0. The molecule has 0 N–H and O–H groups in total. The van der Waals surface area contributed by atoms with E-state index in [9.17, 15) is 0 Å². The van der Waals surface area contributed by atoms with Crippen molar-refractivity contribution in [1.82, 2.24) is 0 Å². The van der Waals surface area contributed by atoms with Gasteiger partial charge in [-0.15, -0.1) is 23.5 Å². The first-order chi connectivity index (χ1) is 13.5. The Morgan fingerprint density at radius 3 is 1.64 bits per heavy atom. The zero-order chi connectivity index (χ0) is 18.7. The van der Waals surface area contributed by atoms with Crippen LogP contribution in [-0.2, 0) is 12.8 Å². The SMILES string of the molecule is CC12CC3=C(C=C1C=CS2)Cc1c3ccc2c1CC1=C2CC2(C)SC=CC2=C1. The molecular weight excluding hydrogens is 376 g/mol. The molecule has 2 unspecified atom stereocenters. The van der Waals surface area contributed by atoms with Gasteiger partial charge in [-0.05, 0) is 106 Å².